The Morgan fingerprint density at radius 1 is 1.13 bits per heavy atom. The fourth-order valence-electron chi connectivity index (χ4n) is 2.96. The van der Waals surface area contributed by atoms with Crippen LogP contribution in [0.1, 0.15) is 23.8 Å². The van der Waals surface area contributed by atoms with Gasteiger partial charge >= 0.3 is 0 Å². The van der Waals surface area contributed by atoms with E-state index in [1.165, 1.54) is 17.7 Å². The zero-order valence-electron chi connectivity index (χ0n) is 13.2. The van der Waals surface area contributed by atoms with Crippen LogP contribution in [-0.4, -0.2) is 37.0 Å². The van der Waals surface area contributed by atoms with Gasteiger partial charge in [-0.1, -0.05) is 24.3 Å². The Kier molecular flexibility index (Phi) is 5.66. The Bertz CT molecular complexity index is 594. The minimum atomic E-state index is 0.0367. The number of para-hydroxylation sites is 1. The highest BCUT2D eigenvalue weighted by atomic mass is 32.1. The first-order valence-electron chi connectivity index (χ1n) is 8.16. The van der Waals surface area contributed by atoms with Crippen molar-refractivity contribution in [1.29, 1.82) is 0 Å². The van der Waals surface area contributed by atoms with Crippen molar-refractivity contribution in [1.82, 2.24) is 10.2 Å². The number of carbonyl (C=O) groups excluding carboxylic acids is 1. The van der Waals surface area contributed by atoms with Crippen LogP contribution in [-0.2, 0) is 4.79 Å². The summed E-state index contributed by atoms with van der Waals surface area (Å²) in [6, 6.07) is 14.4. The van der Waals surface area contributed by atoms with E-state index in [-0.39, 0.29) is 5.91 Å². The predicted molar refractivity (Wildman–Crippen MR) is 95.8 cm³/mol. The van der Waals surface area contributed by atoms with Gasteiger partial charge in [0.05, 0.1) is 12.6 Å². The van der Waals surface area contributed by atoms with Gasteiger partial charge in [-0.05, 0) is 49.5 Å². The smallest absolute Gasteiger partial charge is 0.239 e. The number of benzene rings is 1. The Morgan fingerprint density at radius 3 is 2.61 bits per heavy atom. The van der Waals surface area contributed by atoms with Gasteiger partial charge < -0.3 is 10.6 Å². The maximum absolute atomic E-state index is 12.1. The molecule has 1 amide bonds. The Hall–Kier alpha value is -1.85. The van der Waals surface area contributed by atoms with Crippen molar-refractivity contribution in [2.24, 2.45) is 0 Å². The van der Waals surface area contributed by atoms with E-state index in [1.807, 2.05) is 30.3 Å². The highest BCUT2D eigenvalue weighted by molar-refractivity contribution is 7.10. The number of rotatable bonds is 7. The Morgan fingerprint density at radius 2 is 1.91 bits per heavy atom. The molecule has 1 atom stereocenters. The van der Waals surface area contributed by atoms with Crippen LogP contribution in [0.2, 0.25) is 0 Å². The van der Waals surface area contributed by atoms with Gasteiger partial charge in [-0.25, -0.2) is 0 Å². The number of carbonyl (C=O) groups is 1. The molecule has 3 rings (SSSR count). The normalized spacial score (nSPS) is 16.2. The van der Waals surface area contributed by atoms with Crippen LogP contribution in [0.25, 0.3) is 0 Å². The van der Waals surface area contributed by atoms with Crippen LogP contribution in [0.3, 0.4) is 0 Å². The molecule has 122 valence electrons. The Balaban J connectivity index is 1.51. The molecule has 2 aromatic rings. The molecule has 1 saturated heterocycles. The van der Waals surface area contributed by atoms with Crippen molar-refractivity contribution >= 4 is 22.9 Å². The zero-order valence-corrected chi connectivity index (χ0v) is 14.0. The average molecular weight is 329 g/mol. The molecule has 1 aliphatic rings. The first-order valence-corrected chi connectivity index (χ1v) is 9.04. The minimum Gasteiger partial charge on any atom is -0.376 e. The molecule has 4 nitrogen and oxygen atoms in total. The SMILES string of the molecule is O=C(CNc1ccccc1)NCC(c1cccs1)N1CCCC1. The van der Waals surface area contributed by atoms with Gasteiger partial charge in [0.2, 0.25) is 5.91 Å². The number of nitrogens with zero attached hydrogens (tertiary/aromatic N) is 1. The van der Waals surface area contributed by atoms with Crippen molar-refractivity contribution in [3.63, 3.8) is 0 Å². The van der Waals surface area contributed by atoms with Crippen molar-refractivity contribution < 1.29 is 4.79 Å². The molecule has 0 radical (unpaired) electrons. The summed E-state index contributed by atoms with van der Waals surface area (Å²) in [4.78, 5) is 15.9. The summed E-state index contributed by atoms with van der Waals surface area (Å²) < 4.78 is 0. The number of hydrogen-bond acceptors (Lipinski definition) is 4. The largest absolute Gasteiger partial charge is 0.376 e. The van der Waals surface area contributed by atoms with Crippen molar-refractivity contribution in [3.8, 4) is 0 Å². The monoisotopic (exact) mass is 329 g/mol. The van der Waals surface area contributed by atoms with E-state index in [2.05, 4.69) is 33.0 Å². The number of anilines is 1. The molecule has 5 heteroatoms. The second kappa shape index (κ2) is 8.13. The number of thiophene rings is 1. The summed E-state index contributed by atoms with van der Waals surface area (Å²) in [7, 11) is 0. The third-order valence-electron chi connectivity index (χ3n) is 4.17. The molecule has 0 bridgehead atoms. The quantitative estimate of drug-likeness (QED) is 0.820. The fourth-order valence-corrected chi connectivity index (χ4v) is 3.82. The maximum Gasteiger partial charge on any atom is 0.239 e. The van der Waals surface area contributed by atoms with E-state index >= 15 is 0 Å². The molecule has 23 heavy (non-hydrogen) atoms. The summed E-state index contributed by atoms with van der Waals surface area (Å²) in [6.45, 7) is 3.23. The predicted octanol–water partition coefficient (Wildman–Crippen LogP) is 3.11. The summed E-state index contributed by atoms with van der Waals surface area (Å²) in [5, 5.41) is 8.34. The number of likely N-dealkylation sites (tertiary alicyclic amines) is 1. The van der Waals surface area contributed by atoms with E-state index < -0.39 is 0 Å². The van der Waals surface area contributed by atoms with E-state index in [1.54, 1.807) is 11.3 Å². The number of amides is 1. The molecule has 1 aliphatic heterocycles. The maximum atomic E-state index is 12.1. The zero-order chi connectivity index (χ0) is 15.9. The van der Waals surface area contributed by atoms with Crippen molar-refractivity contribution in [3.05, 3.63) is 52.7 Å². The van der Waals surface area contributed by atoms with E-state index in [0.29, 0.717) is 19.1 Å². The summed E-state index contributed by atoms with van der Waals surface area (Å²) in [5.41, 5.74) is 0.969. The van der Waals surface area contributed by atoms with Gasteiger partial charge in [-0.3, -0.25) is 9.69 Å². The van der Waals surface area contributed by atoms with Crippen molar-refractivity contribution in [2.45, 2.75) is 18.9 Å². The van der Waals surface area contributed by atoms with Gasteiger partial charge in [0.15, 0.2) is 0 Å². The van der Waals surface area contributed by atoms with Gasteiger partial charge in [0, 0.05) is 17.1 Å². The van der Waals surface area contributed by atoms with Crippen molar-refractivity contribution in [2.75, 3.05) is 31.5 Å². The topological polar surface area (TPSA) is 44.4 Å². The molecule has 0 spiro atoms. The summed E-state index contributed by atoms with van der Waals surface area (Å²) in [5.74, 6) is 0.0367. The van der Waals surface area contributed by atoms with E-state index in [0.717, 1.165) is 18.8 Å². The van der Waals surface area contributed by atoms with Gasteiger partial charge in [0.25, 0.3) is 0 Å². The van der Waals surface area contributed by atoms with Crippen LogP contribution < -0.4 is 10.6 Å². The minimum absolute atomic E-state index is 0.0367. The number of hydrogen-bond donors (Lipinski definition) is 2. The molecule has 2 N–H and O–H groups in total. The number of nitrogens with one attached hydrogen (secondary N) is 2. The standard InChI is InChI=1S/C18H23N3OS/c22-18(14-19-15-7-2-1-3-8-15)20-13-16(17-9-6-12-23-17)21-10-4-5-11-21/h1-3,6-9,12,16,19H,4-5,10-11,13-14H2,(H,20,22). The van der Waals surface area contributed by atoms with Gasteiger partial charge in [-0.15, -0.1) is 11.3 Å². The molecule has 0 aliphatic carbocycles. The molecular formula is C18H23N3OS. The van der Waals surface area contributed by atoms with Crippen LogP contribution in [0, 0.1) is 0 Å². The van der Waals surface area contributed by atoms with Crippen LogP contribution in [0.15, 0.2) is 47.8 Å². The molecule has 1 aromatic carbocycles. The van der Waals surface area contributed by atoms with Gasteiger partial charge in [0.1, 0.15) is 0 Å². The summed E-state index contributed by atoms with van der Waals surface area (Å²) >= 11 is 1.77. The van der Waals surface area contributed by atoms with E-state index in [9.17, 15) is 4.79 Å². The molecule has 1 aromatic heterocycles. The lowest BCUT2D eigenvalue weighted by molar-refractivity contribution is -0.119. The van der Waals surface area contributed by atoms with Crippen LogP contribution >= 0.6 is 11.3 Å². The highest BCUT2D eigenvalue weighted by Crippen LogP contribution is 2.27. The molecule has 0 saturated carbocycles. The molecule has 2 heterocycles. The lowest BCUT2D eigenvalue weighted by Crippen LogP contribution is -2.38. The Labute approximate surface area is 141 Å². The average Bonchev–Trinajstić information content (AvgIpc) is 3.28. The molecule has 1 fully saturated rings. The van der Waals surface area contributed by atoms with Gasteiger partial charge in [-0.2, -0.15) is 0 Å². The first-order chi connectivity index (χ1) is 11.3. The summed E-state index contributed by atoms with van der Waals surface area (Å²) in [6.07, 6.45) is 2.51. The highest BCUT2D eigenvalue weighted by Gasteiger charge is 2.24. The third-order valence-corrected chi connectivity index (χ3v) is 5.15. The lowest BCUT2D eigenvalue weighted by atomic mass is 10.2. The fraction of sp³-hybridized carbons (Fsp3) is 0.389. The van der Waals surface area contributed by atoms with Crippen LogP contribution in [0.4, 0.5) is 5.69 Å². The first kappa shape index (κ1) is 16.0. The second-order valence-corrected chi connectivity index (χ2v) is 6.78. The second-order valence-electron chi connectivity index (χ2n) is 5.80. The lowest BCUT2D eigenvalue weighted by Gasteiger charge is -2.27. The molecule has 1 unspecified atom stereocenters. The van der Waals surface area contributed by atoms with Crippen LogP contribution in [0.5, 0.6) is 0 Å². The molecular weight excluding hydrogens is 306 g/mol. The third kappa shape index (κ3) is 4.56. The van der Waals surface area contributed by atoms with E-state index in [4.69, 9.17) is 0 Å².